The van der Waals surface area contributed by atoms with Crippen LogP contribution in [0.3, 0.4) is 0 Å². The van der Waals surface area contributed by atoms with Crippen molar-refractivity contribution in [1.82, 2.24) is 0 Å². The normalized spacial score (nSPS) is 18.4. The van der Waals surface area contributed by atoms with E-state index in [9.17, 15) is 5.26 Å². The summed E-state index contributed by atoms with van der Waals surface area (Å²) in [5.74, 6) is 0.851. The van der Waals surface area contributed by atoms with Crippen molar-refractivity contribution < 1.29 is 9.47 Å². The van der Waals surface area contributed by atoms with Crippen LogP contribution in [0.25, 0.3) is 0 Å². The molecule has 0 saturated carbocycles. The predicted molar refractivity (Wildman–Crippen MR) is 65.1 cm³/mol. The first-order chi connectivity index (χ1) is 8.22. The average molecular weight is 231 g/mol. The largest absolute Gasteiger partial charge is 0.496 e. The molecule has 2 rings (SSSR count). The first-order valence-corrected chi connectivity index (χ1v) is 5.86. The molecule has 1 saturated heterocycles. The van der Waals surface area contributed by atoms with Crippen LogP contribution < -0.4 is 4.74 Å². The molecule has 1 fully saturated rings. The lowest BCUT2D eigenvalue weighted by molar-refractivity contribution is 0.0675. The summed E-state index contributed by atoms with van der Waals surface area (Å²) in [5, 5.41) is 9.48. The molecule has 1 aromatic carbocycles. The van der Waals surface area contributed by atoms with Gasteiger partial charge in [-0.3, -0.25) is 0 Å². The monoisotopic (exact) mass is 231 g/mol. The summed E-state index contributed by atoms with van der Waals surface area (Å²) in [6.45, 7) is 3.32. The molecule has 0 unspecified atom stereocenters. The summed E-state index contributed by atoms with van der Waals surface area (Å²) in [5.41, 5.74) is 1.74. The van der Waals surface area contributed by atoms with E-state index in [4.69, 9.17) is 9.47 Å². The third kappa shape index (κ3) is 2.13. The third-order valence-electron chi connectivity index (χ3n) is 3.52. The van der Waals surface area contributed by atoms with E-state index in [0.717, 1.165) is 29.7 Å². The summed E-state index contributed by atoms with van der Waals surface area (Å²) in [7, 11) is 1.66. The van der Waals surface area contributed by atoms with Crippen molar-refractivity contribution in [2.45, 2.75) is 25.2 Å². The fourth-order valence-electron chi connectivity index (χ4n) is 2.30. The standard InChI is InChI=1S/C14H17NO2/c1-11-3-4-12(9-13(11)16-2)14(10-15)5-7-17-8-6-14/h3-4,9H,5-8H2,1-2H3. The Balaban J connectivity index is 2.40. The lowest BCUT2D eigenvalue weighted by Gasteiger charge is -2.31. The highest BCUT2D eigenvalue weighted by molar-refractivity contribution is 5.42. The second-order valence-corrected chi connectivity index (χ2v) is 4.49. The zero-order chi connectivity index (χ0) is 12.3. The molecule has 3 nitrogen and oxygen atoms in total. The fraction of sp³-hybridized carbons (Fsp3) is 0.500. The number of benzene rings is 1. The van der Waals surface area contributed by atoms with Crippen LogP contribution in [-0.4, -0.2) is 20.3 Å². The summed E-state index contributed by atoms with van der Waals surface area (Å²) in [6, 6.07) is 8.51. The topological polar surface area (TPSA) is 42.2 Å². The molecule has 0 aliphatic carbocycles. The minimum atomic E-state index is -0.404. The van der Waals surface area contributed by atoms with Crippen LogP contribution >= 0.6 is 0 Å². The molecule has 0 atom stereocenters. The molecule has 0 aromatic heterocycles. The number of aryl methyl sites for hydroxylation is 1. The van der Waals surface area contributed by atoms with Crippen LogP contribution in [-0.2, 0) is 10.2 Å². The van der Waals surface area contributed by atoms with Gasteiger partial charge in [0.1, 0.15) is 5.75 Å². The Kier molecular flexibility index (Phi) is 3.35. The van der Waals surface area contributed by atoms with E-state index >= 15 is 0 Å². The first kappa shape index (κ1) is 11.9. The van der Waals surface area contributed by atoms with Gasteiger partial charge >= 0.3 is 0 Å². The fourth-order valence-corrected chi connectivity index (χ4v) is 2.30. The van der Waals surface area contributed by atoms with E-state index < -0.39 is 5.41 Å². The maximum atomic E-state index is 9.48. The third-order valence-corrected chi connectivity index (χ3v) is 3.52. The smallest absolute Gasteiger partial charge is 0.122 e. The summed E-state index contributed by atoms with van der Waals surface area (Å²) >= 11 is 0. The maximum absolute atomic E-state index is 9.48. The van der Waals surface area contributed by atoms with Crippen molar-refractivity contribution in [3.05, 3.63) is 29.3 Å². The van der Waals surface area contributed by atoms with E-state index in [0.29, 0.717) is 13.2 Å². The Labute approximate surface area is 102 Å². The van der Waals surface area contributed by atoms with E-state index in [-0.39, 0.29) is 0 Å². The molecule has 1 heterocycles. The van der Waals surface area contributed by atoms with E-state index in [1.165, 1.54) is 0 Å². The minimum Gasteiger partial charge on any atom is -0.496 e. The summed E-state index contributed by atoms with van der Waals surface area (Å²) in [4.78, 5) is 0. The number of nitriles is 1. The summed E-state index contributed by atoms with van der Waals surface area (Å²) in [6.07, 6.45) is 1.52. The van der Waals surface area contributed by atoms with Crippen LogP contribution in [0.2, 0.25) is 0 Å². The van der Waals surface area contributed by atoms with Crippen molar-refractivity contribution in [3.63, 3.8) is 0 Å². The molecule has 0 bridgehead atoms. The quantitative estimate of drug-likeness (QED) is 0.785. The van der Waals surface area contributed by atoms with Crippen molar-refractivity contribution >= 4 is 0 Å². The molecule has 0 radical (unpaired) electrons. The van der Waals surface area contributed by atoms with Crippen molar-refractivity contribution in [3.8, 4) is 11.8 Å². The molecule has 3 heteroatoms. The van der Waals surface area contributed by atoms with Crippen LogP contribution in [0, 0.1) is 18.3 Å². The molecule has 0 amide bonds. The average Bonchev–Trinajstić information content (AvgIpc) is 2.40. The summed E-state index contributed by atoms with van der Waals surface area (Å²) < 4.78 is 10.7. The van der Waals surface area contributed by atoms with E-state index in [2.05, 4.69) is 6.07 Å². The van der Waals surface area contributed by atoms with Gasteiger partial charge in [0.05, 0.1) is 18.6 Å². The van der Waals surface area contributed by atoms with Crippen LogP contribution in [0.4, 0.5) is 0 Å². The zero-order valence-corrected chi connectivity index (χ0v) is 10.3. The maximum Gasteiger partial charge on any atom is 0.122 e. The highest BCUT2D eigenvalue weighted by Gasteiger charge is 2.34. The Morgan fingerprint density at radius 2 is 2.06 bits per heavy atom. The Bertz CT molecular complexity index is 442. The van der Waals surface area contributed by atoms with Crippen molar-refractivity contribution in [1.29, 1.82) is 5.26 Å². The molecule has 17 heavy (non-hydrogen) atoms. The van der Waals surface area contributed by atoms with Crippen molar-refractivity contribution in [2.24, 2.45) is 0 Å². The predicted octanol–water partition coefficient (Wildman–Crippen LogP) is 2.58. The van der Waals surface area contributed by atoms with Gasteiger partial charge in [0.15, 0.2) is 0 Å². The second-order valence-electron chi connectivity index (χ2n) is 4.49. The molecular formula is C14H17NO2. The molecule has 1 aromatic rings. The van der Waals surface area contributed by atoms with Gasteiger partial charge in [-0.2, -0.15) is 5.26 Å². The Morgan fingerprint density at radius 1 is 1.35 bits per heavy atom. The lowest BCUT2D eigenvalue weighted by atomic mass is 9.75. The Hall–Kier alpha value is -1.53. The number of rotatable bonds is 2. The van der Waals surface area contributed by atoms with Gasteiger partial charge in [0.25, 0.3) is 0 Å². The first-order valence-electron chi connectivity index (χ1n) is 5.86. The minimum absolute atomic E-state index is 0.404. The number of hydrogen-bond acceptors (Lipinski definition) is 3. The molecule has 90 valence electrons. The highest BCUT2D eigenvalue weighted by Crippen LogP contribution is 2.36. The number of ether oxygens (including phenoxy) is 2. The van der Waals surface area contributed by atoms with Gasteiger partial charge in [-0.25, -0.2) is 0 Å². The number of methoxy groups -OCH3 is 1. The highest BCUT2D eigenvalue weighted by atomic mass is 16.5. The number of nitrogens with zero attached hydrogens (tertiary/aromatic N) is 1. The molecule has 0 spiro atoms. The van der Waals surface area contributed by atoms with Crippen molar-refractivity contribution in [2.75, 3.05) is 20.3 Å². The van der Waals surface area contributed by atoms with Crippen LogP contribution in [0.1, 0.15) is 24.0 Å². The molecule has 1 aliphatic heterocycles. The number of hydrogen-bond donors (Lipinski definition) is 0. The van der Waals surface area contributed by atoms with Gasteiger partial charge in [-0.15, -0.1) is 0 Å². The van der Waals surface area contributed by atoms with Gasteiger partial charge in [-0.05, 0) is 37.0 Å². The molecule has 0 N–H and O–H groups in total. The zero-order valence-electron chi connectivity index (χ0n) is 10.3. The second kappa shape index (κ2) is 4.77. The lowest BCUT2D eigenvalue weighted by Crippen LogP contribution is -2.32. The van der Waals surface area contributed by atoms with Gasteiger partial charge < -0.3 is 9.47 Å². The molecular weight excluding hydrogens is 214 g/mol. The van der Waals surface area contributed by atoms with Gasteiger partial charge in [0, 0.05) is 13.2 Å². The van der Waals surface area contributed by atoms with Gasteiger partial charge in [0.2, 0.25) is 0 Å². The SMILES string of the molecule is COc1cc(C2(C#N)CCOCC2)ccc1C. The van der Waals surface area contributed by atoms with E-state index in [1.807, 2.05) is 25.1 Å². The van der Waals surface area contributed by atoms with Crippen LogP contribution in [0.5, 0.6) is 5.75 Å². The molecule has 1 aliphatic rings. The van der Waals surface area contributed by atoms with Crippen LogP contribution in [0.15, 0.2) is 18.2 Å². The Morgan fingerprint density at radius 3 is 2.65 bits per heavy atom. The van der Waals surface area contributed by atoms with E-state index in [1.54, 1.807) is 7.11 Å². The van der Waals surface area contributed by atoms with Gasteiger partial charge in [-0.1, -0.05) is 12.1 Å².